The lowest BCUT2D eigenvalue weighted by Gasteiger charge is -2.36. The fourth-order valence-corrected chi connectivity index (χ4v) is 3.70. The summed E-state index contributed by atoms with van der Waals surface area (Å²) in [6.07, 6.45) is 8.39. The predicted molar refractivity (Wildman–Crippen MR) is 141 cm³/mol. The van der Waals surface area contributed by atoms with Crippen molar-refractivity contribution >= 4 is 28.7 Å². The zero-order chi connectivity index (χ0) is 24.6. The van der Waals surface area contributed by atoms with Gasteiger partial charge in [-0.25, -0.2) is 0 Å². The number of pyridine rings is 1. The summed E-state index contributed by atoms with van der Waals surface area (Å²) in [5.41, 5.74) is 8.09. The number of benzene rings is 1. The standard InChI is InChI=1S/C26H35N7O/c1-20(30-21-9-7-14-28-17-21)33(16-8-15-32(3)4)19-26(2)13-12-24(29-18-26)25(34)31-23-11-6-5-10-22(23)27/h5-7,9-14,17,30H,1,8,15-16,18-19,27H2,2-4H3,(H,31,34). The zero-order valence-corrected chi connectivity index (χ0v) is 20.3. The van der Waals surface area contributed by atoms with E-state index in [0.717, 1.165) is 31.0 Å². The summed E-state index contributed by atoms with van der Waals surface area (Å²) in [5, 5.41) is 6.21. The van der Waals surface area contributed by atoms with E-state index in [4.69, 9.17) is 5.73 Å². The highest BCUT2D eigenvalue weighted by Gasteiger charge is 2.29. The van der Waals surface area contributed by atoms with Crippen LogP contribution in [0.25, 0.3) is 0 Å². The van der Waals surface area contributed by atoms with E-state index >= 15 is 0 Å². The number of nitrogen functional groups attached to an aromatic ring is 1. The average molecular weight is 462 g/mol. The number of anilines is 3. The molecule has 0 spiro atoms. The van der Waals surface area contributed by atoms with Crippen LogP contribution in [0.4, 0.5) is 17.1 Å². The molecule has 0 bridgehead atoms. The monoisotopic (exact) mass is 461 g/mol. The molecule has 1 aromatic carbocycles. The van der Waals surface area contributed by atoms with Gasteiger partial charge in [-0.3, -0.25) is 14.8 Å². The molecule has 1 aliphatic heterocycles. The van der Waals surface area contributed by atoms with Gasteiger partial charge in [0.05, 0.1) is 35.6 Å². The quantitative estimate of drug-likeness (QED) is 0.443. The number of nitrogens with one attached hydrogen (secondary N) is 2. The second-order valence-corrected chi connectivity index (χ2v) is 9.12. The number of aromatic nitrogens is 1. The molecule has 4 N–H and O–H groups in total. The van der Waals surface area contributed by atoms with Crippen molar-refractivity contribution in [3.05, 3.63) is 73.3 Å². The first-order valence-corrected chi connectivity index (χ1v) is 11.4. The first kappa shape index (κ1) is 25.0. The van der Waals surface area contributed by atoms with Crippen LogP contribution in [0.3, 0.4) is 0 Å². The maximum Gasteiger partial charge on any atom is 0.273 e. The van der Waals surface area contributed by atoms with Crippen molar-refractivity contribution in [3.8, 4) is 0 Å². The Morgan fingerprint density at radius 1 is 1.18 bits per heavy atom. The molecular weight excluding hydrogens is 426 g/mol. The number of nitrogens with zero attached hydrogens (tertiary/aromatic N) is 4. The van der Waals surface area contributed by atoms with Gasteiger partial charge in [0.15, 0.2) is 0 Å². The number of hydrogen-bond donors (Lipinski definition) is 3. The van der Waals surface area contributed by atoms with Gasteiger partial charge in [0.25, 0.3) is 5.91 Å². The van der Waals surface area contributed by atoms with E-state index < -0.39 is 0 Å². The second kappa shape index (κ2) is 11.5. The number of carbonyl (C=O) groups excluding carboxylic acids is 1. The number of rotatable bonds is 11. The van der Waals surface area contributed by atoms with Gasteiger partial charge in [0, 0.05) is 24.7 Å². The number of amides is 1. The van der Waals surface area contributed by atoms with Crippen LogP contribution in [0.1, 0.15) is 13.3 Å². The number of dihydropyridines is 1. The van der Waals surface area contributed by atoms with Crippen LogP contribution in [0, 0.1) is 5.41 Å². The van der Waals surface area contributed by atoms with E-state index in [0.29, 0.717) is 30.2 Å². The van der Waals surface area contributed by atoms with E-state index in [9.17, 15) is 4.79 Å². The largest absolute Gasteiger partial charge is 0.397 e. The van der Waals surface area contributed by atoms with Crippen LogP contribution in [0.15, 0.2) is 78.3 Å². The van der Waals surface area contributed by atoms with Gasteiger partial charge in [0.1, 0.15) is 5.71 Å². The number of hydrogen-bond acceptors (Lipinski definition) is 7. The number of nitrogens with two attached hydrogens (primary N) is 1. The van der Waals surface area contributed by atoms with Crippen molar-refractivity contribution in [3.63, 3.8) is 0 Å². The minimum Gasteiger partial charge on any atom is -0.397 e. The molecule has 180 valence electrons. The molecule has 34 heavy (non-hydrogen) atoms. The summed E-state index contributed by atoms with van der Waals surface area (Å²) in [6.45, 7) is 9.47. The molecule has 0 fully saturated rings. The van der Waals surface area contributed by atoms with Gasteiger partial charge < -0.3 is 26.2 Å². The molecule has 3 rings (SSSR count). The summed E-state index contributed by atoms with van der Waals surface area (Å²) in [4.78, 5) is 25.9. The highest BCUT2D eigenvalue weighted by Crippen LogP contribution is 2.26. The average Bonchev–Trinajstić information content (AvgIpc) is 2.80. The van der Waals surface area contributed by atoms with Crippen LogP contribution in [0.2, 0.25) is 0 Å². The summed E-state index contributed by atoms with van der Waals surface area (Å²) in [6, 6.07) is 11.0. The topological polar surface area (TPSA) is 98.9 Å². The molecule has 1 amide bonds. The molecule has 1 aromatic heterocycles. The summed E-state index contributed by atoms with van der Waals surface area (Å²) >= 11 is 0. The molecule has 8 nitrogen and oxygen atoms in total. The van der Waals surface area contributed by atoms with Gasteiger partial charge in [0.2, 0.25) is 0 Å². The Kier molecular flexibility index (Phi) is 8.43. The van der Waals surface area contributed by atoms with Gasteiger partial charge in [-0.15, -0.1) is 0 Å². The smallest absolute Gasteiger partial charge is 0.273 e. The number of carbonyl (C=O) groups is 1. The fourth-order valence-electron chi connectivity index (χ4n) is 3.70. The van der Waals surface area contributed by atoms with Crippen molar-refractivity contribution in [2.75, 3.05) is 56.6 Å². The van der Waals surface area contributed by atoms with E-state index in [-0.39, 0.29) is 11.3 Å². The Hall–Kier alpha value is -3.65. The third kappa shape index (κ3) is 7.18. The molecule has 1 atom stereocenters. The van der Waals surface area contributed by atoms with Crippen molar-refractivity contribution in [1.82, 2.24) is 14.8 Å². The highest BCUT2D eigenvalue weighted by atomic mass is 16.1. The van der Waals surface area contributed by atoms with Crippen LogP contribution in [0.5, 0.6) is 0 Å². The molecule has 0 radical (unpaired) electrons. The maximum atomic E-state index is 12.7. The SMILES string of the molecule is C=C(Nc1cccnc1)N(CCCN(C)C)CC1(C)C=CC(C(=O)Nc2ccccc2N)=NC1. The Morgan fingerprint density at radius 3 is 2.62 bits per heavy atom. The summed E-state index contributed by atoms with van der Waals surface area (Å²) in [5.74, 6) is 0.551. The minimum atomic E-state index is -0.262. The van der Waals surface area contributed by atoms with E-state index in [2.05, 4.69) is 64.1 Å². The molecule has 2 heterocycles. The van der Waals surface area contributed by atoms with Crippen LogP contribution in [-0.2, 0) is 4.79 Å². The molecule has 8 heteroatoms. The van der Waals surface area contributed by atoms with Crippen LogP contribution < -0.4 is 16.4 Å². The summed E-state index contributed by atoms with van der Waals surface area (Å²) < 4.78 is 0. The first-order chi connectivity index (χ1) is 16.3. The molecule has 2 aromatic rings. The van der Waals surface area contributed by atoms with Gasteiger partial charge in [-0.1, -0.05) is 31.7 Å². The third-order valence-electron chi connectivity index (χ3n) is 5.61. The normalized spacial score (nSPS) is 17.2. The number of aliphatic imine (C=N–C) groups is 1. The predicted octanol–water partition coefficient (Wildman–Crippen LogP) is 3.46. The van der Waals surface area contributed by atoms with Crippen molar-refractivity contribution in [2.24, 2.45) is 10.4 Å². The lowest BCUT2D eigenvalue weighted by atomic mass is 9.87. The third-order valence-corrected chi connectivity index (χ3v) is 5.61. The highest BCUT2D eigenvalue weighted by molar-refractivity contribution is 6.47. The molecule has 0 saturated carbocycles. The van der Waals surface area contributed by atoms with Gasteiger partial charge in [-0.2, -0.15) is 0 Å². The molecule has 1 unspecified atom stereocenters. The van der Waals surface area contributed by atoms with E-state index in [1.165, 1.54) is 0 Å². The lowest BCUT2D eigenvalue weighted by Crippen LogP contribution is -2.41. The van der Waals surface area contributed by atoms with Crippen molar-refractivity contribution in [1.29, 1.82) is 0 Å². The van der Waals surface area contributed by atoms with Gasteiger partial charge in [-0.05, 0) is 57.4 Å². The Labute approximate surface area is 202 Å². The Morgan fingerprint density at radius 2 is 1.97 bits per heavy atom. The molecule has 0 saturated heterocycles. The molecule has 0 aliphatic carbocycles. The fraction of sp³-hybridized carbons (Fsp3) is 0.346. The first-order valence-electron chi connectivity index (χ1n) is 11.4. The molecular formula is C26H35N7O. The number of para-hydroxylation sites is 2. The van der Waals surface area contributed by atoms with Gasteiger partial charge >= 0.3 is 0 Å². The van der Waals surface area contributed by atoms with Crippen molar-refractivity contribution in [2.45, 2.75) is 13.3 Å². The summed E-state index contributed by atoms with van der Waals surface area (Å²) in [7, 11) is 4.14. The lowest BCUT2D eigenvalue weighted by molar-refractivity contribution is -0.110. The maximum absolute atomic E-state index is 12.7. The Balaban J connectivity index is 1.65. The van der Waals surface area contributed by atoms with Crippen LogP contribution >= 0.6 is 0 Å². The van der Waals surface area contributed by atoms with E-state index in [1.54, 1.807) is 30.6 Å². The molecule has 1 aliphatic rings. The Bertz CT molecular complexity index is 1050. The minimum absolute atomic E-state index is 0.243. The van der Waals surface area contributed by atoms with Crippen LogP contribution in [-0.4, -0.2) is 66.7 Å². The second-order valence-electron chi connectivity index (χ2n) is 9.12. The zero-order valence-electron chi connectivity index (χ0n) is 20.3. The van der Waals surface area contributed by atoms with E-state index in [1.807, 2.05) is 24.3 Å². The van der Waals surface area contributed by atoms with Crippen molar-refractivity contribution < 1.29 is 4.79 Å².